The van der Waals surface area contributed by atoms with Gasteiger partial charge in [-0.2, -0.15) is 12.3 Å². The fourth-order valence-corrected chi connectivity index (χ4v) is 0. The van der Waals surface area contributed by atoms with Gasteiger partial charge in [0.15, 0.2) is 0 Å². The Morgan fingerprint density at radius 2 is 0.667 bits per heavy atom. The summed E-state index contributed by atoms with van der Waals surface area (Å²) >= 11 is 0. The molecule has 0 amide bonds. The average Bonchev–Trinajstić information content (AvgIpc) is 1.36. The van der Waals surface area contributed by atoms with E-state index in [4.69, 9.17) is 0 Å². The molecule has 0 aliphatic heterocycles. The summed E-state index contributed by atoms with van der Waals surface area (Å²) in [5.41, 5.74) is 0.250. The molecule has 0 bridgehead atoms. The number of hydrogen-bond acceptors (Lipinski definition) is 0. The van der Waals surface area contributed by atoms with E-state index in [1.807, 2.05) is 0 Å². The SMILES string of the molecule is [CH2-]C.[CH2-]C(C)(C)C.[Y].[Y].[Y].[Y].[Y]. The van der Waals surface area contributed by atoms with Crippen LogP contribution in [0.5, 0.6) is 0 Å². The van der Waals surface area contributed by atoms with Crippen LogP contribution in [0.25, 0.3) is 0 Å². The third-order valence-corrected chi connectivity index (χ3v) is 0. The monoisotopic (exact) mass is 545 g/mol. The van der Waals surface area contributed by atoms with Crippen LogP contribution in [0.2, 0.25) is 0 Å². The van der Waals surface area contributed by atoms with E-state index in [2.05, 4.69) is 34.6 Å². The molecule has 0 rings (SSSR count). The van der Waals surface area contributed by atoms with E-state index in [-0.39, 0.29) is 169 Å². The van der Waals surface area contributed by atoms with Crippen LogP contribution in [0.15, 0.2) is 0 Å². The zero-order chi connectivity index (χ0) is 6.50. The van der Waals surface area contributed by atoms with Crippen LogP contribution in [-0.4, -0.2) is 0 Å². The van der Waals surface area contributed by atoms with Gasteiger partial charge >= 0.3 is 0 Å². The molecular formula is C7H16Y5-2. The maximum absolute atomic E-state index is 3.77. The molecule has 5 heteroatoms. The molecule has 0 nitrogen and oxygen atoms in total. The van der Waals surface area contributed by atoms with Gasteiger partial charge in [-0.05, 0) is 0 Å². The summed E-state index contributed by atoms with van der Waals surface area (Å²) in [6.07, 6.45) is 0. The van der Waals surface area contributed by atoms with Gasteiger partial charge in [-0.1, -0.05) is 20.8 Å². The molecule has 0 aliphatic rings. The van der Waals surface area contributed by atoms with Gasteiger partial charge in [0, 0.05) is 164 Å². The van der Waals surface area contributed by atoms with Crippen molar-refractivity contribution < 1.29 is 164 Å². The molecule has 61 valence electrons. The van der Waals surface area contributed by atoms with Crippen molar-refractivity contribution in [2.45, 2.75) is 27.7 Å². The van der Waals surface area contributed by atoms with Crippen molar-refractivity contribution in [3.8, 4) is 0 Å². The largest absolute Gasteiger partial charge is 0.346 e. The predicted molar refractivity (Wildman–Crippen MR) is 35.8 cm³/mol. The summed E-state index contributed by atoms with van der Waals surface area (Å²) in [6.45, 7) is 15.0. The van der Waals surface area contributed by atoms with Gasteiger partial charge in [0.2, 0.25) is 0 Å². The number of hydrogen-bond donors (Lipinski definition) is 0. The molecule has 0 fully saturated rings. The van der Waals surface area contributed by atoms with Crippen molar-refractivity contribution in [1.29, 1.82) is 0 Å². The van der Waals surface area contributed by atoms with E-state index >= 15 is 0 Å². The van der Waals surface area contributed by atoms with E-state index in [1.165, 1.54) is 0 Å². The van der Waals surface area contributed by atoms with Crippen LogP contribution >= 0.6 is 0 Å². The third kappa shape index (κ3) is 107. The van der Waals surface area contributed by atoms with Gasteiger partial charge in [-0.25, -0.2) is 0 Å². The second kappa shape index (κ2) is 30.0. The van der Waals surface area contributed by atoms with Crippen molar-refractivity contribution in [2.75, 3.05) is 0 Å². The molecular weight excluding hydrogens is 529 g/mol. The third-order valence-electron chi connectivity index (χ3n) is 0. The van der Waals surface area contributed by atoms with Crippen molar-refractivity contribution in [3.63, 3.8) is 0 Å². The maximum Gasteiger partial charge on any atom is 0 e. The second-order valence-corrected chi connectivity index (χ2v) is 2.56. The molecule has 0 spiro atoms. The molecule has 0 N–H and O–H groups in total. The van der Waals surface area contributed by atoms with Crippen LogP contribution < -0.4 is 0 Å². The molecule has 0 aromatic heterocycles. The summed E-state index contributed by atoms with van der Waals surface area (Å²) < 4.78 is 0. The van der Waals surface area contributed by atoms with E-state index in [9.17, 15) is 0 Å². The Kier molecular flexibility index (Phi) is 108. The Morgan fingerprint density at radius 1 is 0.667 bits per heavy atom. The van der Waals surface area contributed by atoms with Crippen LogP contribution in [0.3, 0.4) is 0 Å². The molecule has 0 saturated heterocycles. The Bertz CT molecular complexity index is 27.3. The van der Waals surface area contributed by atoms with E-state index in [0.717, 1.165) is 0 Å². The van der Waals surface area contributed by atoms with E-state index in [1.54, 1.807) is 6.92 Å². The van der Waals surface area contributed by atoms with Gasteiger partial charge in [0.05, 0.1) is 0 Å². The quantitative estimate of drug-likeness (QED) is 0.412. The summed E-state index contributed by atoms with van der Waals surface area (Å²) in [5.74, 6) is 0. The molecule has 0 atom stereocenters. The Hall–Kier alpha value is 5.52. The normalized spacial score (nSPS) is 5.50. The minimum Gasteiger partial charge on any atom is -0.346 e. The molecule has 0 heterocycles. The molecule has 0 aromatic rings. The molecule has 12 heavy (non-hydrogen) atoms. The van der Waals surface area contributed by atoms with E-state index in [0.29, 0.717) is 0 Å². The standard InChI is InChI=1S/C5H11.C2H5.5Y/c1-5(2,3)4;1-2;;;;;/h1H2,2-4H3;1H2,2H3;;;;;/q2*-1;;;;;. The maximum atomic E-state index is 3.77. The first-order valence-corrected chi connectivity index (χ1v) is 2.56. The Labute approximate surface area is 205 Å². The molecule has 5 radical (unpaired) electrons. The van der Waals surface area contributed by atoms with E-state index < -0.39 is 0 Å². The first-order chi connectivity index (χ1) is 3.00. The van der Waals surface area contributed by atoms with Gasteiger partial charge in [-0.15, -0.1) is 0 Å². The topological polar surface area (TPSA) is 0 Å². The fourth-order valence-electron chi connectivity index (χ4n) is 0. The van der Waals surface area contributed by atoms with Crippen molar-refractivity contribution in [2.24, 2.45) is 5.41 Å². The van der Waals surface area contributed by atoms with Crippen molar-refractivity contribution in [3.05, 3.63) is 13.8 Å². The molecule has 0 saturated carbocycles. The predicted octanol–water partition coefficient (Wildman–Crippen LogP) is 2.69. The first kappa shape index (κ1) is 43.2. The van der Waals surface area contributed by atoms with Crippen LogP contribution in [0, 0.1) is 19.3 Å². The molecule has 0 aliphatic carbocycles. The van der Waals surface area contributed by atoms with Gasteiger partial charge in [0.1, 0.15) is 0 Å². The zero-order valence-corrected chi connectivity index (χ0v) is 23.0. The zero-order valence-electron chi connectivity index (χ0n) is 8.80. The second-order valence-electron chi connectivity index (χ2n) is 2.56. The Morgan fingerprint density at radius 3 is 0.667 bits per heavy atom. The minimum absolute atomic E-state index is 0. The smallest absolute Gasteiger partial charge is 0 e. The average molecular weight is 545 g/mol. The Balaban J connectivity index is -0.00000000671. The summed E-state index contributed by atoms with van der Waals surface area (Å²) in [5, 5.41) is 0. The fraction of sp³-hybridized carbons (Fsp3) is 0.714. The summed E-state index contributed by atoms with van der Waals surface area (Å²) in [7, 11) is 0. The first-order valence-electron chi connectivity index (χ1n) is 2.56. The summed E-state index contributed by atoms with van der Waals surface area (Å²) in [4.78, 5) is 0. The van der Waals surface area contributed by atoms with Crippen molar-refractivity contribution in [1.82, 2.24) is 0 Å². The minimum atomic E-state index is 0. The summed E-state index contributed by atoms with van der Waals surface area (Å²) in [6, 6.07) is 0. The van der Waals surface area contributed by atoms with Crippen LogP contribution in [0.4, 0.5) is 0 Å². The van der Waals surface area contributed by atoms with Crippen LogP contribution in [-0.2, 0) is 164 Å². The van der Waals surface area contributed by atoms with Gasteiger partial charge < -0.3 is 13.8 Å². The number of rotatable bonds is 0. The molecule has 0 aromatic carbocycles. The van der Waals surface area contributed by atoms with Gasteiger partial charge in [0.25, 0.3) is 0 Å². The van der Waals surface area contributed by atoms with Crippen LogP contribution in [0.1, 0.15) is 27.7 Å². The van der Waals surface area contributed by atoms with Crippen molar-refractivity contribution >= 4 is 0 Å². The molecule has 0 unspecified atom stereocenters. The van der Waals surface area contributed by atoms with Gasteiger partial charge in [-0.3, -0.25) is 0 Å².